The Morgan fingerprint density at radius 2 is 1.91 bits per heavy atom. The van der Waals surface area contributed by atoms with E-state index < -0.39 is 0 Å². The van der Waals surface area contributed by atoms with E-state index in [9.17, 15) is 4.79 Å². The number of nitrogens with one attached hydrogen (secondary N) is 1. The fourth-order valence-corrected chi connectivity index (χ4v) is 4.77. The van der Waals surface area contributed by atoms with Gasteiger partial charge in [-0.3, -0.25) is 4.79 Å². The van der Waals surface area contributed by atoms with Crippen molar-refractivity contribution in [3.05, 3.63) is 78.2 Å². The molecule has 1 aliphatic heterocycles. The van der Waals surface area contributed by atoms with E-state index in [2.05, 4.69) is 34.2 Å². The molecular weight excluding hydrogens is 410 g/mol. The van der Waals surface area contributed by atoms with Crippen LogP contribution in [-0.4, -0.2) is 46.4 Å². The summed E-state index contributed by atoms with van der Waals surface area (Å²) >= 11 is 0. The van der Waals surface area contributed by atoms with E-state index in [0.717, 1.165) is 48.1 Å². The van der Waals surface area contributed by atoms with E-state index in [1.807, 2.05) is 66.6 Å². The number of nitrogens with zero attached hydrogens (tertiary/aromatic N) is 4. The number of hydrogen-bond acceptors (Lipinski definition) is 4. The number of para-hydroxylation sites is 1. The SMILES string of the molecule is CN(C)c1ncc(-c2ccccc2)c(C2CCCN2C(=O)CCc2c[nH]c3ccccc23)n1. The Hall–Kier alpha value is -3.67. The summed E-state index contributed by atoms with van der Waals surface area (Å²) in [6, 6.07) is 18.4. The number of fused-ring (bicyclic) bond motifs is 1. The second kappa shape index (κ2) is 9.06. The molecular formula is C27H29N5O. The summed E-state index contributed by atoms with van der Waals surface area (Å²) in [4.78, 5) is 30.1. The lowest BCUT2D eigenvalue weighted by Crippen LogP contribution is -2.31. The third-order valence-corrected chi connectivity index (χ3v) is 6.46. The van der Waals surface area contributed by atoms with Crippen LogP contribution in [0.2, 0.25) is 0 Å². The highest BCUT2D eigenvalue weighted by Gasteiger charge is 2.33. The molecule has 1 N–H and O–H groups in total. The van der Waals surface area contributed by atoms with Crippen LogP contribution in [0.5, 0.6) is 0 Å². The Bertz CT molecular complexity index is 1260. The zero-order valence-corrected chi connectivity index (χ0v) is 19.2. The van der Waals surface area contributed by atoms with E-state index in [0.29, 0.717) is 12.4 Å². The first-order valence-electron chi connectivity index (χ1n) is 11.6. The van der Waals surface area contributed by atoms with Crippen LogP contribution < -0.4 is 4.90 Å². The molecule has 0 aliphatic carbocycles. The Morgan fingerprint density at radius 3 is 2.73 bits per heavy atom. The number of H-pyrrole nitrogens is 1. The number of carbonyl (C=O) groups is 1. The number of amides is 1. The zero-order chi connectivity index (χ0) is 22.8. The van der Waals surface area contributed by atoms with Crippen LogP contribution in [0.25, 0.3) is 22.0 Å². The van der Waals surface area contributed by atoms with Crippen LogP contribution in [0, 0.1) is 0 Å². The maximum Gasteiger partial charge on any atom is 0.225 e. The molecule has 33 heavy (non-hydrogen) atoms. The molecule has 168 valence electrons. The number of benzene rings is 2. The minimum absolute atomic E-state index is 0.0302. The molecule has 3 heterocycles. The molecule has 0 bridgehead atoms. The summed E-state index contributed by atoms with van der Waals surface area (Å²) in [6.07, 6.45) is 7.05. The van der Waals surface area contributed by atoms with Crippen LogP contribution in [0.4, 0.5) is 5.95 Å². The molecule has 1 unspecified atom stereocenters. The Labute approximate surface area is 194 Å². The van der Waals surface area contributed by atoms with Crippen molar-refractivity contribution in [3.63, 3.8) is 0 Å². The van der Waals surface area contributed by atoms with Gasteiger partial charge in [-0.25, -0.2) is 9.97 Å². The molecule has 4 aromatic rings. The van der Waals surface area contributed by atoms with Gasteiger partial charge in [0.1, 0.15) is 0 Å². The van der Waals surface area contributed by atoms with Crippen LogP contribution in [-0.2, 0) is 11.2 Å². The number of aromatic nitrogens is 3. The lowest BCUT2D eigenvalue weighted by atomic mass is 9.99. The van der Waals surface area contributed by atoms with Crippen molar-refractivity contribution >= 4 is 22.8 Å². The molecule has 0 spiro atoms. The van der Waals surface area contributed by atoms with E-state index in [1.54, 1.807) is 0 Å². The molecule has 1 amide bonds. The summed E-state index contributed by atoms with van der Waals surface area (Å²) in [7, 11) is 3.89. The minimum atomic E-state index is -0.0302. The van der Waals surface area contributed by atoms with Gasteiger partial charge in [0.05, 0.1) is 11.7 Å². The van der Waals surface area contributed by atoms with E-state index in [-0.39, 0.29) is 11.9 Å². The molecule has 0 saturated carbocycles. The summed E-state index contributed by atoms with van der Waals surface area (Å²) in [5, 5.41) is 1.20. The summed E-state index contributed by atoms with van der Waals surface area (Å²) < 4.78 is 0. The Morgan fingerprint density at radius 1 is 1.12 bits per heavy atom. The molecule has 1 fully saturated rings. The van der Waals surface area contributed by atoms with Gasteiger partial charge in [-0.15, -0.1) is 0 Å². The van der Waals surface area contributed by atoms with Gasteiger partial charge in [0, 0.05) is 55.9 Å². The predicted octanol–water partition coefficient (Wildman–Crippen LogP) is 4.99. The molecule has 0 radical (unpaired) electrons. The van der Waals surface area contributed by atoms with Crippen LogP contribution in [0.1, 0.15) is 36.6 Å². The number of aromatic amines is 1. The first-order chi connectivity index (χ1) is 16.1. The number of likely N-dealkylation sites (tertiary alicyclic amines) is 1. The average Bonchev–Trinajstić information content (AvgIpc) is 3.50. The highest BCUT2D eigenvalue weighted by atomic mass is 16.2. The molecule has 5 rings (SSSR count). The lowest BCUT2D eigenvalue weighted by molar-refractivity contribution is -0.132. The second-order valence-electron chi connectivity index (χ2n) is 8.83. The largest absolute Gasteiger partial charge is 0.361 e. The van der Waals surface area contributed by atoms with Gasteiger partial charge in [0.15, 0.2) is 0 Å². The van der Waals surface area contributed by atoms with Crippen molar-refractivity contribution in [2.45, 2.75) is 31.7 Å². The molecule has 1 atom stereocenters. The van der Waals surface area contributed by atoms with Gasteiger partial charge in [-0.2, -0.15) is 0 Å². The monoisotopic (exact) mass is 439 g/mol. The first kappa shape index (κ1) is 21.2. The maximum atomic E-state index is 13.4. The smallest absolute Gasteiger partial charge is 0.225 e. The molecule has 6 heteroatoms. The summed E-state index contributed by atoms with van der Waals surface area (Å²) in [5.41, 5.74) is 5.33. The lowest BCUT2D eigenvalue weighted by Gasteiger charge is -2.27. The first-order valence-corrected chi connectivity index (χ1v) is 11.6. The molecule has 6 nitrogen and oxygen atoms in total. The minimum Gasteiger partial charge on any atom is -0.361 e. The van der Waals surface area contributed by atoms with Crippen molar-refractivity contribution in [2.75, 3.05) is 25.5 Å². The third-order valence-electron chi connectivity index (χ3n) is 6.46. The second-order valence-corrected chi connectivity index (χ2v) is 8.83. The van der Waals surface area contributed by atoms with E-state index >= 15 is 0 Å². The quantitative estimate of drug-likeness (QED) is 0.460. The highest BCUT2D eigenvalue weighted by Crippen LogP contribution is 2.37. The molecule has 1 aliphatic rings. The Balaban J connectivity index is 1.41. The number of anilines is 1. The number of carbonyl (C=O) groups excluding carboxylic acids is 1. The molecule has 2 aromatic heterocycles. The van der Waals surface area contributed by atoms with Crippen LogP contribution >= 0.6 is 0 Å². The van der Waals surface area contributed by atoms with E-state index in [1.165, 1.54) is 10.9 Å². The fourth-order valence-electron chi connectivity index (χ4n) is 4.77. The number of rotatable bonds is 6. The molecule has 2 aromatic carbocycles. The van der Waals surface area contributed by atoms with E-state index in [4.69, 9.17) is 4.98 Å². The molecule has 1 saturated heterocycles. The standard InChI is InChI=1S/C27H29N5O/c1-31(2)27-29-18-22(19-9-4-3-5-10-19)26(30-27)24-13-8-16-32(24)25(33)15-14-20-17-28-23-12-7-6-11-21(20)23/h3-7,9-12,17-18,24,28H,8,13-16H2,1-2H3. The maximum absolute atomic E-state index is 13.4. The van der Waals surface area contributed by atoms with Gasteiger partial charge in [0.2, 0.25) is 11.9 Å². The predicted molar refractivity (Wildman–Crippen MR) is 132 cm³/mol. The van der Waals surface area contributed by atoms with Crippen molar-refractivity contribution < 1.29 is 4.79 Å². The summed E-state index contributed by atoms with van der Waals surface area (Å²) in [5.74, 6) is 0.856. The topological polar surface area (TPSA) is 65.1 Å². The van der Waals surface area contributed by atoms with Crippen LogP contribution in [0.15, 0.2) is 67.0 Å². The van der Waals surface area contributed by atoms with Crippen molar-refractivity contribution in [3.8, 4) is 11.1 Å². The normalized spacial score (nSPS) is 15.8. The summed E-state index contributed by atoms with van der Waals surface area (Å²) in [6.45, 7) is 0.771. The van der Waals surface area contributed by atoms with Crippen molar-refractivity contribution in [1.29, 1.82) is 0 Å². The van der Waals surface area contributed by atoms with Crippen molar-refractivity contribution in [2.24, 2.45) is 0 Å². The van der Waals surface area contributed by atoms with Gasteiger partial charge >= 0.3 is 0 Å². The third kappa shape index (κ3) is 4.21. The van der Waals surface area contributed by atoms with Crippen LogP contribution in [0.3, 0.4) is 0 Å². The van der Waals surface area contributed by atoms with Gasteiger partial charge in [-0.1, -0.05) is 48.5 Å². The fraction of sp³-hybridized carbons (Fsp3) is 0.296. The average molecular weight is 440 g/mol. The van der Waals surface area contributed by atoms with Gasteiger partial charge in [0.25, 0.3) is 0 Å². The number of hydrogen-bond donors (Lipinski definition) is 1. The Kier molecular flexibility index (Phi) is 5.82. The van der Waals surface area contributed by atoms with Gasteiger partial charge in [-0.05, 0) is 36.5 Å². The highest BCUT2D eigenvalue weighted by molar-refractivity contribution is 5.84. The van der Waals surface area contributed by atoms with Gasteiger partial charge < -0.3 is 14.8 Å². The zero-order valence-electron chi connectivity index (χ0n) is 19.2. The van der Waals surface area contributed by atoms with Crippen molar-refractivity contribution in [1.82, 2.24) is 19.9 Å². The number of aryl methyl sites for hydroxylation is 1.